The highest BCUT2D eigenvalue weighted by molar-refractivity contribution is 5.85. The van der Waals surface area contributed by atoms with Crippen molar-refractivity contribution in [3.63, 3.8) is 0 Å². The third kappa shape index (κ3) is 13.6. The van der Waals surface area contributed by atoms with Gasteiger partial charge in [-0.05, 0) is 152 Å². The van der Waals surface area contributed by atoms with Crippen molar-refractivity contribution in [1.29, 1.82) is 0 Å². The third-order valence-electron chi connectivity index (χ3n) is 15.3. The molecule has 0 amide bonds. The third-order valence-corrected chi connectivity index (χ3v) is 15.3. The summed E-state index contributed by atoms with van der Waals surface area (Å²) in [6, 6.07) is 8.34. The minimum atomic E-state index is -4.95. The maximum absolute atomic E-state index is 14.6. The van der Waals surface area contributed by atoms with E-state index >= 15 is 0 Å². The van der Waals surface area contributed by atoms with Gasteiger partial charge in [-0.3, -0.25) is 0 Å². The predicted molar refractivity (Wildman–Crippen MR) is 275 cm³/mol. The van der Waals surface area contributed by atoms with Crippen LogP contribution in [0.3, 0.4) is 0 Å². The van der Waals surface area contributed by atoms with Crippen LogP contribution in [0.2, 0.25) is 0 Å². The van der Waals surface area contributed by atoms with Gasteiger partial charge in [0.2, 0.25) is 0 Å². The van der Waals surface area contributed by atoms with E-state index < -0.39 is 58.2 Å². The van der Waals surface area contributed by atoms with Crippen LogP contribution in [-0.4, -0.2) is 79.5 Å². The number of benzene rings is 3. The van der Waals surface area contributed by atoms with Crippen molar-refractivity contribution >= 4 is 12.4 Å². The fourth-order valence-corrected chi connectivity index (χ4v) is 11.4. The zero-order valence-electron chi connectivity index (χ0n) is 43.1. The Hall–Kier alpha value is -5.42. The Kier molecular flexibility index (Phi) is 18.2. The zero-order chi connectivity index (χ0) is 54.9. The molecular formula is C55H63ClF12N10. The zero-order valence-corrected chi connectivity index (χ0v) is 43.9. The summed E-state index contributed by atoms with van der Waals surface area (Å²) in [5, 5.41) is 13.9. The van der Waals surface area contributed by atoms with Crippen LogP contribution < -0.4 is 21.3 Å². The molecular weight excluding hydrogens is 1060 g/mol. The first-order valence-electron chi connectivity index (χ1n) is 26.3. The van der Waals surface area contributed by atoms with Crippen LogP contribution in [0.15, 0.2) is 73.2 Å². The van der Waals surface area contributed by atoms with Gasteiger partial charge in [-0.2, -0.15) is 39.5 Å². The van der Waals surface area contributed by atoms with Crippen molar-refractivity contribution in [2.24, 2.45) is 0 Å². The molecule has 0 unspecified atom stereocenters. The molecule has 0 atom stereocenters. The Labute approximate surface area is 450 Å². The smallest absolute Gasteiger partial charge is 0.334 e. The molecule has 3 aliphatic heterocycles. The molecule has 6 heterocycles. The van der Waals surface area contributed by atoms with Gasteiger partial charge in [0.05, 0.1) is 33.8 Å². The quantitative estimate of drug-likeness (QED) is 0.0675. The second kappa shape index (κ2) is 24.1. The molecule has 3 fully saturated rings. The number of hydrogen-bond acceptors (Lipinski definition) is 7. The van der Waals surface area contributed by atoms with Crippen LogP contribution in [0.1, 0.15) is 124 Å². The molecule has 3 aromatic heterocycles. The lowest BCUT2D eigenvalue weighted by Gasteiger charge is -2.39. The highest BCUT2D eigenvalue weighted by Gasteiger charge is 2.39. The van der Waals surface area contributed by atoms with E-state index in [1.165, 1.54) is 18.2 Å². The SMILES string of the molecule is CC(C)NC(CCn1cc(-c2ccc(F)c(C(F)(F)F)c2)nc1C1CCNCC1)(CCn1cc(-c2ccc(F)c(C(F)(F)F)c2)nc1C1CCNCC1)CCn1cc(-c2ccc(F)c(C(F)(F)F)c2)nc1C1CCNCC1.Cl. The number of halogens is 13. The molecule has 3 saturated heterocycles. The van der Waals surface area contributed by atoms with Gasteiger partial charge in [-0.15, -0.1) is 12.4 Å². The molecule has 10 nitrogen and oxygen atoms in total. The minimum absolute atomic E-state index is 0. The molecule has 23 heteroatoms. The van der Waals surface area contributed by atoms with Crippen LogP contribution in [-0.2, 0) is 38.2 Å². The number of rotatable bonds is 17. The number of aryl methyl sites for hydroxylation is 3. The van der Waals surface area contributed by atoms with Gasteiger partial charge >= 0.3 is 18.5 Å². The van der Waals surface area contributed by atoms with Crippen molar-refractivity contribution in [2.75, 3.05) is 39.3 Å². The highest BCUT2D eigenvalue weighted by atomic mass is 35.5. The number of alkyl halides is 9. The van der Waals surface area contributed by atoms with Gasteiger partial charge in [-0.25, -0.2) is 28.1 Å². The largest absolute Gasteiger partial charge is 0.419 e. The number of aromatic nitrogens is 6. The van der Waals surface area contributed by atoms with Gasteiger partial charge in [0, 0.05) is 84.2 Å². The molecule has 0 spiro atoms. The molecule has 3 aromatic carbocycles. The second-order valence-corrected chi connectivity index (χ2v) is 21.0. The average molecular weight is 1130 g/mol. The average Bonchev–Trinajstić information content (AvgIpc) is 4.18. The molecule has 78 heavy (non-hydrogen) atoms. The standard InChI is InChI=1S/C55H62F12N10.ClH/c1-33(2)74-52(15-24-75-30-46(71-49(75)34-9-18-68-19-10-34)37-3-6-43(56)40(27-37)53(59,60)61,16-25-76-31-47(72-50(76)35-11-20-69-21-12-35)38-4-7-44(57)41(28-38)54(62,63)64)17-26-77-32-48(73-51(77)36-13-22-70-23-14-36)39-5-8-45(58)42(29-39)55(65,66)67;/h3-8,27-36,68-70,74H,9-26H2,1-2H3;1H. The molecule has 0 radical (unpaired) electrons. The van der Waals surface area contributed by atoms with E-state index in [9.17, 15) is 52.7 Å². The molecule has 424 valence electrons. The van der Waals surface area contributed by atoms with Crippen molar-refractivity contribution in [2.45, 2.75) is 139 Å². The summed E-state index contributed by atoms with van der Waals surface area (Å²) < 4.78 is 176. The Morgan fingerprint density at radius 1 is 0.474 bits per heavy atom. The van der Waals surface area contributed by atoms with Gasteiger partial charge in [-0.1, -0.05) is 13.8 Å². The van der Waals surface area contributed by atoms with Crippen LogP contribution in [0.5, 0.6) is 0 Å². The molecule has 6 aromatic rings. The molecule has 0 bridgehead atoms. The minimum Gasteiger partial charge on any atom is -0.334 e. The normalized spacial score (nSPS) is 16.8. The molecule has 0 saturated carbocycles. The van der Waals surface area contributed by atoms with Crippen molar-refractivity contribution in [3.05, 3.63) is 125 Å². The van der Waals surface area contributed by atoms with Crippen LogP contribution in [0, 0.1) is 17.5 Å². The van der Waals surface area contributed by atoms with E-state index in [4.69, 9.17) is 15.0 Å². The molecule has 3 aliphatic rings. The lowest BCUT2D eigenvalue weighted by Crippen LogP contribution is -2.50. The van der Waals surface area contributed by atoms with E-state index in [-0.39, 0.29) is 70.0 Å². The van der Waals surface area contributed by atoms with Crippen LogP contribution in [0.25, 0.3) is 33.8 Å². The van der Waals surface area contributed by atoms with Crippen molar-refractivity contribution in [3.8, 4) is 33.8 Å². The van der Waals surface area contributed by atoms with Gasteiger partial charge in [0.15, 0.2) is 0 Å². The first-order chi connectivity index (χ1) is 36.5. The molecule has 9 rings (SSSR count). The first-order valence-corrected chi connectivity index (χ1v) is 26.3. The van der Waals surface area contributed by atoms with Crippen LogP contribution in [0.4, 0.5) is 52.7 Å². The lowest BCUT2D eigenvalue weighted by molar-refractivity contribution is -0.140. The molecule has 0 aliphatic carbocycles. The Balaban J connectivity index is 0.00000803. The lowest BCUT2D eigenvalue weighted by atomic mass is 9.85. The monoisotopic (exact) mass is 1130 g/mol. The number of nitrogens with zero attached hydrogens (tertiary/aromatic N) is 6. The Bertz CT molecular complexity index is 2670. The van der Waals surface area contributed by atoms with E-state index in [0.29, 0.717) is 134 Å². The summed E-state index contributed by atoms with van der Waals surface area (Å²) in [7, 11) is 0. The molecule has 4 N–H and O–H groups in total. The summed E-state index contributed by atoms with van der Waals surface area (Å²) >= 11 is 0. The maximum atomic E-state index is 14.6. The highest BCUT2D eigenvalue weighted by Crippen LogP contribution is 2.40. The summed E-state index contributed by atoms with van der Waals surface area (Å²) in [6.45, 7) is 8.99. The van der Waals surface area contributed by atoms with Gasteiger partial charge in [0.1, 0.15) is 34.9 Å². The Morgan fingerprint density at radius 3 is 0.987 bits per heavy atom. The first kappa shape index (κ1) is 58.7. The number of hydrogen-bond donors (Lipinski definition) is 4. The van der Waals surface area contributed by atoms with Crippen LogP contribution >= 0.6 is 12.4 Å². The van der Waals surface area contributed by atoms with E-state index in [1.54, 1.807) is 18.6 Å². The summed E-state index contributed by atoms with van der Waals surface area (Å²) in [4.78, 5) is 14.9. The van der Waals surface area contributed by atoms with Gasteiger partial charge < -0.3 is 35.0 Å². The van der Waals surface area contributed by atoms with Crippen molar-refractivity contribution in [1.82, 2.24) is 49.9 Å². The number of piperidine rings is 3. The summed E-state index contributed by atoms with van der Waals surface area (Å²) in [5.41, 5.74) is -4.06. The topological polar surface area (TPSA) is 102 Å². The number of imidazole rings is 3. The van der Waals surface area contributed by atoms with Gasteiger partial charge in [0.25, 0.3) is 0 Å². The summed E-state index contributed by atoms with van der Waals surface area (Å²) in [5.74, 6) is -2.44. The fourth-order valence-electron chi connectivity index (χ4n) is 11.4. The number of nitrogens with one attached hydrogen (secondary N) is 4. The van der Waals surface area contributed by atoms with E-state index in [0.717, 1.165) is 36.4 Å². The van der Waals surface area contributed by atoms with E-state index in [1.807, 2.05) is 27.5 Å². The second-order valence-electron chi connectivity index (χ2n) is 21.0. The maximum Gasteiger partial charge on any atom is 0.419 e. The fraction of sp³-hybridized carbons (Fsp3) is 0.509. The predicted octanol–water partition coefficient (Wildman–Crippen LogP) is 12.9. The Morgan fingerprint density at radius 2 is 0.744 bits per heavy atom. The summed E-state index contributed by atoms with van der Waals surface area (Å²) in [6.07, 6.45) is -4.37. The van der Waals surface area contributed by atoms with Crippen molar-refractivity contribution < 1.29 is 52.7 Å². The van der Waals surface area contributed by atoms with E-state index in [2.05, 4.69) is 21.3 Å².